The average Bonchev–Trinajstić information content (AvgIpc) is 2.53. The minimum atomic E-state index is -0.342. The van der Waals surface area contributed by atoms with Crippen LogP contribution in [0, 0.1) is 0 Å². The zero-order valence-electron chi connectivity index (χ0n) is 11.8. The van der Waals surface area contributed by atoms with Crippen molar-refractivity contribution in [3.8, 4) is 0 Å². The molecule has 2 rings (SSSR count). The molecule has 0 spiro atoms. The molecule has 5 heteroatoms. The number of thioether (sulfide) groups is 1. The van der Waals surface area contributed by atoms with Crippen molar-refractivity contribution in [3.05, 3.63) is 59.7 Å². The summed E-state index contributed by atoms with van der Waals surface area (Å²) < 4.78 is 4.81. The molecule has 4 N–H and O–H groups in total. The highest BCUT2D eigenvalue weighted by Gasteiger charge is 2.17. The molecule has 4 nitrogen and oxygen atoms in total. The van der Waals surface area contributed by atoms with Gasteiger partial charge in [0.1, 0.15) is 0 Å². The maximum absolute atomic E-state index is 11.8. The molecule has 0 saturated carbocycles. The van der Waals surface area contributed by atoms with Gasteiger partial charge in [-0.2, -0.15) is 0 Å². The van der Waals surface area contributed by atoms with Gasteiger partial charge in [-0.25, -0.2) is 4.79 Å². The second-order valence-electron chi connectivity index (χ2n) is 4.50. The van der Waals surface area contributed by atoms with E-state index < -0.39 is 0 Å². The van der Waals surface area contributed by atoms with Gasteiger partial charge in [0, 0.05) is 22.4 Å². The molecule has 0 aliphatic rings. The second-order valence-corrected chi connectivity index (χ2v) is 5.74. The molecule has 0 aliphatic heterocycles. The van der Waals surface area contributed by atoms with E-state index in [9.17, 15) is 4.79 Å². The van der Waals surface area contributed by atoms with Crippen LogP contribution < -0.4 is 11.5 Å². The number of carbonyl (C=O) groups is 1. The third-order valence-electron chi connectivity index (χ3n) is 3.08. The van der Waals surface area contributed by atoms with E-state index in [1.807, 2.05) is 42.5 Å². The molecule has 0 aromatic heterocycles. The zero-order chi connectivity index (χ0) is 15.2. The zero-order valence-corrected chi connectivity index (χ0v) is 12.6. The molecule has 21 heavy (non-hydrogen) atoms. The van der Waals surface area contributed by atoms with Crippen LogP contribution in [0.4, 0.5) is 5.69 Å². The van der Waals surface area contributed by atoms with Crippen molar-refractivity contribution in [1.82, 2.24) is 0 Å². The van der Waals surface area contributed by atoms with Crippen LogP contribution in [-0.2, 0) is 4.74 Å². The van der Waals surface area contributed by atoms with Crippen molar-refractivity contribution >= 4 is 23.4 Å². The summed E-state index contributed by atoms with van der Waals surface area (Å²) in [5.41, 5.74) is 13.9. The highest BCUT2D eigenvalue weighted by Crippen LogP contribution is 2.36. The van der Waals surface area contributed by atoms with Gasteiger partial charge >= 0.3 is 5.97 Å². The Kier molecular flexibility index (Phi) is 5.25. The Morgan fingerprint density at radius 3 is 2.48 bits per heavy atom. The fourth-order valence-electron chi connectivity index (χ4n) is 1.96. The normalized spacial score (nSPS) is 11.9. The fraction of sp³-hybridized carbons (Fsp3) is 0.188. The first kappa shape index (κ1) is 15.4. The summed E-state index contributed by atoms with van der Waals surface area (Å²) in [4.78, 5) is 12.7. The third-order valence-corrected chi connectivity index (χ3v) is 4.44. The summed E-state index contributed by atoms with van der Waals surface area (Å²) in [7, 11) is 1.38. The molecule has 2 aromatic rings. The van der Waals surface area contributed by atoms with Gasteiger partial charge < -0.3 is 16.2 Å². The molecule has 110 valence electrons. The van der Waals surface area contributed by atoms with Gasteiger partial charge in [-0.1, -0.05) is 24.3 Å². The lowest BCUT2D eigenvalue weighted by atomic mass is 10.1. The Bertz CT molecular complexity index is 614. The highest BCUT2D eigenvalue weighted by molar-refractivity contribution is 7.99. The number of hydrogen-bond donors (Lipinski definition) is 2. The van der Waals surface area contributed by atoms with Gasteiger partial charge in [0.05, 0.1) is 12.7 Å². The predicted molar refractivity (Wildman–Crippen MR) is 86.3 cm³/mol. The van der Waals surface area contributed by atoms with Crippen LogP contribution in [0.2, 0.25) is 0 Å². The lowest BCUT2D eigenvalue weighted by molar-refractivity contribution is 0.0597. The number of carbonyl (C=O) groups excluding carboxylic acids is 1. The van der Waals surface area contributed by atoms with Crippen molar-refractivity contribution in [2.45, 2.75) is 10.1 Å². The molecule has 0 amide bonds. The standard InChI is InChI=1S/C16H18N2O2S/c1-20-16(19)13-4-2-3-5-14(13)21-15(10-17)11-6-8-12(18)9-7-11/h2-9,15H,10,17-18H2,1H3. The van der Waals surface area contributed by atoms with Gasteiger partial charge in [0.2, 0.25) is 0 Å². The second kappa shape index (κ2) is 7.15. The third kappa shape index (κ3) is 3.77. The first-order valence-electron chi connectivity index (χ1n) is 6.55. The number of hydrogen-bond acceptors (Lipinski definition) is 5. The number of nitrogens with two attached hydrogens (primary N) is 2. The topological polar surface area (TPSA) is 78.3 Å². The van der Waals surface area contributed by atoms with Crippen molar-refractivity contribution in [2.24, 2.45) is 5.73 Å². The van der Waals surface area contributed by atoms with Crippen molar-refractivity contribution in [2.75, 3.05) is 19.4 Å². The van der Waals surface area contributed by atoms with E-state index in [0.717, 1.165) is 16.1 Å². The van der Waals surface area contributed by atoms with Crippen LogP contribution in [0.1, 0.15) is 21.2 Å². The SMILES string of the molecule is COC(=O)c1ccccc1SC(CN)c1ccc(N)cc1. The highest BCUT2D eigenvalue weighted by atomic mass is 32.2. The number of rotatable bonds is 5. The molecule has 0 saturated heterocycles. The Morgan fingerprint density at radius 1 is 1.19 bits per heavy atom. The van der Waals surface area contributed by atoms with E-state index in [1.54, 1.807) is 17.8 Å². The van der Waals surface area contributed by atoms with E-state index in [2.05, 4.69) is 0 Å². The summed E-state index contributed by atoms with van der Waals surface area (Å²) >= 11 is 1.55. The Labute approximate surface area is 128 Å². The van der Waals surface area contributed by atoms with Crippen LogP contribution in [0.5, 0.6) is 0 Å². The number of benzene rings is 2. The molecule has 0 aliphatic carbocycles. The van der Waals surface area contributed by atoms with Gasteiger partial charge in [0.15, 0.2) is 0 Å². The number of anilines is 1. The van der Waals surface area contributed by atoms with Crippen LogP contribution in [0.25, 0.3) is 0 Å². The Balaban J connectivity index is 2.27. The summed E-state index contributed by atoms with van der Waals surface area (Å²) in [5, 5.41) is 0.0522. The molecular formula is C16H18N2O2S. The lowest BCUT2D eigenvalue weighted by Crippen LogP contribution is -2.10. The smallest absolute Gasteiger partial charge is 0.338 e. The molecule has 0 fully saturated rings. The quantitative estimate of drug-likeness (QED) is 0.504. The molecule has 1 atom stereocenters. The molecule has 1 unspecified atom stereocenters. The molecular weight excluding hydrogens is 284 g/mol. The largest absolute Gasteiger partial charge is 0.465 e. The Hall–Kier alpha value is -1.98. The predicted octanol–water partition coefficient (Wildman–Crippen LogP) is 2.85. The van der Waals surface area contributed by atoms with Crippen LogP contribution in [0.3, 0.4) is 0 Å². The number of methoxy groups -OCH3 is 1. The Morgan fingerprint density at radius 2 is 1.86 bits per heavy atom. The average molecular weight is 302 g/mol. The summed E-state index contributed by atoms with van der Waals surface area (Å²) in [6.45, 7) is 0.462. The number of ether oxygens (including phenoxy) is 1. The number of nitrogen functional groups attached to an aromatic ring is 1. The molecule has 0 heterocycles. The molecule has 2 aromatic carbocycles. The van der Waals surface area contributed by atoms with Crippen LogP contribution in [-0.4, -0.2) is 19.6 Å². The van der Waals surface area contributed by atoms with Gasteiger partial charge in [-0.05, 0) is 29.8 Å². The molecule has 0 radical (unpaired) electrons. The minimum Gasteiger partial charge on any atom is -0.465 e. The van der Waals surface area contributed by atoms with Crippen molar-refractivity contribution in [3.63, 3.8) is 0 Å². The maximum Gasteiger partial charge on any atom is 0.338 e. The van der Waals surface area contributed by atoms with Gasteiger partial charge in [0.25, 0.3) is 0 Å². The van der Waals surface area contributed by atoms with E-state index in [1.165, 1.54) is 7.11 Å². The van der Waals surface area contributed by atoms with Gasteiger partial charge in [-0.3, -0.25) is 0 Å². The van der Waals surface area contributed by atoms with Gasteiger partial charge in [-0.15, -0.1) is 11.8 Å². The summed E-state index contributed by atoms with van der Waals surface area (Å²) in [6, 6.07) is 15.0. The first-order valence-corrected chi connectivity index (χ1v) is 7.43. The van der Waals surface area contributed by atoms with E-state index in [4.69, 9.17) is 16.2 Å². The fourth-order valence-corrected chi connectivity index (χ4v) is 3.10. The monoisotopic (exact) mass is 302 g/mol. The minimum absolute atomic E-state index is 0.0522. The first-order chi connectivity index (χ1) is 10.2. The van der Waals surface area contributed by atoms with E-state index in [0.29, 0.717) is 12.1 Å². The lowest BCUT2D eigenvalue weighted by Gasteiger charge is -2.16. The summed E-state index contributed by atoms with van der Waals surface area (Å²) in [5.74, 6) is -0.342. The molecule has 0 bridgehead atoms. The van der Waals surface area contributed by atoms with E-state index in [-0.39, 0.29) is 11.2 Å². The van der Waals surface area contributed by atoms with Crippen LogP contribution in [0.15, 0.2) is 53.4 Å². The van der Waals surface area contributed by atoms with E-state index >= 15 is 0 Å². The maximum atomic E-state index is 11.8. The van der Waals surface area contributed by atoms with Crippen molar-refractivity contribution < 1.29 is 9.53 Å². The number of esters is 1. The van der Waals surface area contributed by atoms with Crippen molar-refractivity contribution in [1.29, 1.82) is 0 Å². The van der Waals surface area contributed by atoms with Crippen LogP contribution >= 0.6 is 11.8 Å². The summed E-state index contributed by atoms with van der Waals surface area (Å²) in [6.07, 6.45) is 0.